The molecule has 2 unspecified atom stereocenters. The van der Waals surface area contributed by atoms with E-state index in [9.17, 15) is 0 Å². The predicted octanol–water partition coefficient (Wildman–Crippen LogP) is 1.02. The molecule has 1 aliphatic carbocycles. The van der Waals surface area contributed by atoms with Crippen LogP contribution in [0.3, 0.4) is 0 Å². The minimum Gasteiger partial charge on any atom is -0.365 e. The van der Waals surface area contributed by atoms with Gasteiger partial charge in [-0.2, -0.15) is 4.98 Å². The quantitative estimate of drug-likeness (QED) is 0.699. The van der Waals surface area contributed by atoms with Crippen LogP contribution < -0.4 is 11.5 Å². The zero-order valence-corrected chi connectivity index (χ0v) is 8.36. The second-order valence-electron chi connectivity index (χ2n) is 4.32. The third-order valence-corrected chi connectivity index (χ3v) is 2.90. The minimum atomic E-state index is -0.456. The van der Waals surface area contributed by atoms with Crippen LogP contribution in [0.5, 0.6) is 0 Å². The van der Waals surface area contributed by atoms with E-state index in [-0.39, 0.29) is 5.95 Å². The maximum atomic E-state index is 6.23. The molecule has 5 heteroatoms. The average Bonchev–Trinajstić information content (AvgIpc) is 2.52. The second kappa shape index (κ2) is 3.24. The van der Waals surface area contributed by atoms with Gasteiger partial charge in [0.05, 0.1) is 5.54 Å². The van der Waals surface area contributed by atoms with E-state index in [4.69, 9.17) is 16.0 Å². The van der Waals surface area contributed by atoms with Gasteiger partial charge >= 0.3 is 0 Å². The first-order chi connectivity index (χ1) is 6.60. The Balaban J connectivity index is 2.22. The van der Waals surface area contributed by atoms with Crippen molar-refractivity contribution in [3.63, 3.8) is 0 Å². The van der Waals surface area contributed by atoms with Crippen LogP contribution in [0.2, 0.25) is 0 Å². The normalized spacial score (nSPS) is 33.1. The smallest absolute Gasteiger partial charge is 0.260 e. The average molecular weight is 196 g/mol. The fraction of sp³-hybridized carbons (Fsp3) is 0.778. The van der Waals surface area contributed by atoms with Crippen LogP contribution in [0, 0.1) is 5.92 Å². The topological polar surface area (TPSA) is 91.0 Å². The van der Waals surface area contributed by atoms with Crippen molar-refractivity contribution < 1.29 is 4.52 Å². The highest BCUT2D eigenvalue weighted by molar-refractivity contribution is 5.15. The third kappa shape index (κ3) is 1.59. The van der Waals surface area contributed by atoms with E-state index in [2.05, 4.69) is 17.1 Å². The maximum Gasteiger partial charge on any atom is 0.260 e. The molecule has 0 radical (unpaired) electrons. The van der Waals surface area contributed by atoms with Crippen LogP contribution in [-0.4, -0.2) is 10.1 Å². The fourth-order valence-corrected chi connectivity index (χ4v) is 2.22. The van der Waals surface area contributed by atoms with E-state index in [1.54, 1.807) is 0 Å². The van der Waals surface area contributed by atoms with Crippen molar-refractivity contribution >= 4 is 5.95 Å². The summed E-state index contributed by atoms with van der Waals surface area (Å²) in [6.07, 6.45) is 4.14. The van der Waals surface area contributed by atoms with Crippen LogP contribution in [0.15, 0.2) is 4.52 Å². The molecule has 0 spiro atoms. The van der Waals surface area contributed by atoms with E-state index in [1.807, 2.05) is 0 Å². The third-order valence-electron chi connectivity index (χ3n) is 2.90. The van der Waals surface area contributed by atoms with Gasteiger partial charge < -0.3 is 16.0 Å². The maximum absolute atomic E-state index is 6.23. The summed E-state index contributed by atoms with van der Waals surface area (Å²) in [6.45, 7) is 2.19. The lowest BCUT2D eigenvalue weighted by atomic mass is 9.77. The Bertz CT molecular complexity index is 324. The Morgan fingerprint density at radius 3 is 2.93 bits per heavy atom. The molecule has 5 nitrogen and oxygen atoms in total. The molecule has 1 saturated carbocycles. The molecule has 1 aromatic rings. The van der Waals surface area contributed by atoms with E-state index < -0.39 is 5.54 Å². The first-order valence-corrected chi connectivity index (χ1v) is 4.99. The zero-order chi connectivity index (χ0) is 10.2. The molecule has 1 heterocycles. The first-order valence-electron chi connectivity index (χ1n) is 4.99. The predicted molar refractivity (Wildman–Crippen MR) is 52.2 cm³/mol. The number of hydrogen-bond acceptors (Lipinski definition) is 5. The molecule has 78 valence electrons. The summed E-state index contributed by atoms with van der Waals surface area (Å²) in [7, 11) is 0. The van der Waals surface area contributed by atoms with Gasteiger partial charge in [-0.25, -0.2) is 0 Å². The van der Waals surface area contributed by atoms with Crippen molar-refractivity contribution in [1.29, 1.82) is 0 Å². The molecular formula is C9H16N4O. The Kier molecular flexibility index (Phi) is 2.19. The van der Waals surface area contributed by atoms with Crippen molar-refractivity contribution in [1.82, 2.24) is 10.1 Å². The van der Waals surface area contributed by atoms with Crippen LogP contribution in [0.25, 0.3) is 0 Å². The number of rotatable bonds is 1. The van der Waals surface area contributed by atoms with E-state index in [1.165, 1.54) is 6.42 Å². The molecule has 1 fully saturated rings. The van der Waals surface area contributed by atoms with Gasteiger partial charge in [-0.3, -0.25) is 0 Å². The second-order valence-corrected chi connectivity index (χ2v) is 4.32. The van der Waals surface area contributed by atoms with Gasteiger partial charge in [0.25, 0.3) is 5.95 Å². The van der Waals surface area contributed by atoms with Crippen LogP contribution in [0.1, 0.15) is 38.5 Å². The van der Waals surface area contributed by atoms with Crippen molar-refractivity contribution in [3.05, 3.63) is 5.89 Å². The summed E-state index contributed by atoms with van der Waals surface area (Å²) in [5.41, 5.74) is 11.2. The SMILES string of the molecule is CC1CCCC(N)(c2nc(N)no2)C1. The molecule has 1 aliphatic rings. The molecule has 2 atom stereocenters. The molecule has 2 rings (SSSR count). The lowest BCUT2D eigenvalue weighted by Gasteiger charge is -2.33. The summed E-state index contributed by atoms with van der Waals surface area (Å²) in [5.74, 6) is 1.27. The van der Waals surface area contributed by atoms with Crippen molar-refractivity contribution in [2.24, 2.45) is 11.7 Å². The highest BCUT2D eigenvalue weighted by Crippen LogP contribution is 2.36. The Hall–Kier alpha value is -1.10. The van der Waals surface area contributed by atoms with Gasteiger partial charge in [-0.15, -0.1) is 0 Å². The van der Waals surface area contributed by atoms with Crippen LogP contribution in [0.4, 0.5) is 5.95 Å². The van der Waals surface area contributed by atoms with Crippen molar-refractivity contribution in [2.75, 3.05) is 5.73 Å². The summed E-state index contributed by atoms with van der Waals surface area (Å²) >= 11 is 0. The van der Waals surface area contributed by atoms with E-state index in [0.29, 0.717) is 11.8 Å². The molecular weight excluding hydrogens is 180 g/mol. The van der Waals surface area contributed by atoms with Gasteiger partial charge in [0, 0.05) is 0 Å². The summed E-state index contributed by atoms with van der Waals surface area (Å²) in [4.78, 5) is 4.02. The molecule has 4 N–H and O–H groups in total. The number of nitrogen functional groups attached to an aromatic ring is 1. The van der Waals surface area contributed by atoms with Gasteiger partial charge in [0.2, 0.25) is 5.89 Å². The molecule has 0 amide bonds. The number of anilines is 1. The minimum absolute atomic E-state index is 0.169. The van der Waals surface area contributed by atoms with Crippen molar-refractivity contribution in [2.45, 2.75) is 38.1 Å². The number of hydrogen-bond donors (Lipinski definition) is 2. The van der Waals surface area contributed by atoms with Gasteiger partial charge in [0.1, 0.15) is 0 Å². The van der Waals surface area contributed by atoms with Crippen LogP contribution >= 0.6 is 0 Å². The standard InChI is InChI=1S/C9H16N4O/c1-6-3-2-4-9(11,5-6)7-12-8(10)13-14-7/h6H,2-5,11H2,1H3,(H2,10,13). The highest BCUT2D eigenvalue weighted by atomic mass is 16.5. The van der Waals surface area contributed by atoms with E-state index in [0.717, 1.165) is 19.3 Å². The van der Waals surface area contributed by atoms with E-state index >= 15 is 0 Å². The largest absolute Gasteiger partial charge is 0.365 e. The lowest BCUT2D eigenvalue weighted by molar-refractivity contribution is 0.183. The lowest BCUT2D eigenvalue weighted by Crippen LogP contribution is -2.41. The van der Waals surface area contributed by atoms with Gasteiger partial charge in [0.15, 0.2) is 0 Å². The monoisotopic (exact) mass is 196 g/mol. The Morgan fingerprint density at radius 2 is 2.36 bits per heavy atom. The summed E-state index contributed by atoms with van der Waals surface area (Å²) in [5, 5.41) is 3.57. The number of nitrogens with zero attached hydrogens (tertiary/aromatic N) is 2. The van der Waals surface area contributed by atoms with Gasteiger partial charge in [-0.1, -0.05) is 19.8 Å². The number of nitrogens with two attached hydrogens (primary N) is 2. The molecule has 0 aromatic carbocycles. The van der Waals surface area contributed by atoms with Crippen LogP contribution in [-0.2, 0) is 5.54 Å². The highest BCUT2D eigenvalue weighted by Gasteiger charge is 2.37. The zero-order valence-electron chi connectivity index (χ0n) is 8.36. The first kappa shape index (κ1) is 9.45. The molecule has 0 saturated heterocycles. The fourth-order valence-electron chi connectivity index (χ4n) is 2.22. The van der Waals surface area contributed by atoms with Gasteiger partial charge in [-0.05, 0) is 23.9 Å². The molecule has 0 aliphatic heterocycles. The summed E-state index contributed by atoms with van der Waals surface area (Å²) in [6, 6.07) is 0. The molecule has 0 bridgehead atoms. The van der Waals surface area contributed by atoms with Crippen molar-refractivity contribution in [3.8, 4) is 0 Å². The number of aromatic nitrogens is 2. The Labute approximate surface area is 82.8 Å². The summed E-state index contributed by atoms with van der Waals surface area (Å²) < 4.78 is 5.04. The molecule has 14 heavy (non-hydrogen) atoms. The Morgan fingerprint density at radius 1 is 1.57 bits per heavy atom. The molecule has 1 aromatic heterocycles.